The predicted molar refractivity (Wildman–Crippen MR) is 81.2 cm³/mol. The van der Waals surface area contributed by atoms with Gasteiger partial charge in [-0.2, -0.15) is 0 Å². The number of rotatable bonds is 2. The van der Waals surface area contributed by atoms with E-state index in [1.807, 2.05) is 0 Å². The molecule has 0 bridgehead atoms. The highest BCUT2D eigenvalue weighted by Crippen LogP contribution is 2.52. The van der Waals surface area contributed by atoms with Crippen molar-refractivity contribution in [3.8, 4) is 0 Å². The molecule has 0 aromatic heterocycles. The van der Waals surface area contributed by atoms with Gasteiger partial charge in [0.1, 0.15) is 0 Å². The fourth-order valence-corrected chi connectivity index (χ4v) is 7.02. The molecule has 0 amide bonds. The molecule has 17 heavy (non-hydrogen) atoms. The lowest BCUT2D eigenvalue weighted by Gasteiger charge is -2.50. The van der Waals surface area contributed by atoms with Crippen LogP contribution in [0, 0.1) is 0 Å². The maximum Gasteiger partial charge on any atom is 0.0656 e. The van der Waals surface area contributed by atoms with Gasteiger partial charge >= 0.3 is 0 Å². The lowest BCUT2D eigenvalue weighted by atomic mass is 10.2. The Hall–Kier alpha value is -0.563. The van der Waals surface area contributed by atoms with Gasteiger partial charge in [-0.3, -0.25) is 0 Å². The van der Waals surface area contributed by atoms with E-state index in [9.17, 15) is 0 Å². The molecule has 0 aliphatic rings. The third-order valence-electron chi connectivity index (χ3n) is 4.71. The first-order chi connectivity index (χ1) is 7.58. The molecule has 1 aromatic carbocycles. The largest absolute Gasteiger partial charge is 0.0681 e. The summed E-state index contributed by atoms with van der Waals surface area (Å²) in [6, 6.07) is 12.3. The summed E-state index contributed by atoms with van der Waals surface area (Å²) in [4.78, 5) is 0. The summed E-state index contributed by atoms with van der Waals surface area (Å²) in [6.45, 7) is 17.1. The first-order valence-corrected chi connectivity index (χ1v) is 9.32. The second-order valence-corrected chi connectivity index (χ2v) is 13.5. The van der Waals surface area contributed by atoms with Crippen molar-refractivity contribution in [2.45, 2.75) is 64.2 Å². The van der Waals surface area contributed by atoms with Gasteiger partial charge in [0.05, 0.1) is 8.07 Å². The molecule has 0 saturated carbocycles. The van der Waals surface area contributed by atoms with Crippen LogP contribution in [0.3, 0.4) is 0 Å². The molecule has 0 fully saturated rings. The van der Waals surface area contributed by atoms with E-state index in [1.54, 1.807) is 0 Å². The zero-order chi connectivity index (χ0) is 13.3. The van der Waals surface area contributed by atoms with Crippen LogP contribution in [-0.2, 0) is 6.04 Å². The third kappa shape index (κ3) is 3.01. The SMILES string of the molecule is CC(C)(C)[Si](C)(Cc1ccccc1)C(C)(C)C. The molecular formula is C16H28Si. The predicted octanol–water partition coefficient (Wildman–Crippen LogP) is 5.45. The Labute approximate surface area is 108 Å². The van der Waals surface area contributed by atoms with E-state index >= 15 is 0 Å². The fraction of sp³-hybridized carbons (Fsp3) is 0.625. The summed E-state index contributed by atoms with van der Waals surface area (Å²) in [7, 11) is -1.39. The molecule has 96 valence electrons. The molecule has 0 spiro atoms. The summed E-state index contributed by atoms with van der Waals surface area (Å²) < 4.78 is 0. The monoisotopic (exact) mass is 248 g/mol. The van der Waals surface area contributed by atoms with Gasteiger partial charge in [0.25, 0.3) is 0 Å². The number of hydrogen-bond acceptors (Lipinski definition) is 0. The van der Waals surface area contributed by atoms with Crippen LogP contribution in [0.2, 0.25) is 16.6 Å². The minimum absolute atomic E-state index is 0.432. The fourth-order valence-electron chi connectivity index (χ4n) is 2.66. The molecular weight excluding hydrogens is 220 g/mol. The molecule has 0 nitrogen and oxygen atoms in total. The Morgan fingerprint density at radius 1 is 0.824 bits per heavy atom. The van der Waals surface area contributed by atoms with Crippen LogP contribution in [0.4, 0.5) is 0 Å². The molecule has 0 aliphatic carbocycles. The van der Waals surface area contributed by atoms with E-state index in [0.29, 0.717) is 10.1 Å². The molecule has 0 radical (unpaired) electrons. The van der Waals surface area contributed by atoms with E-state index in [-0.39, 0.29) is 0 Å². The van der Waals surface area contributed by atoms with Gasteiger partial charge in [-0.05, 0) is 16.1 Å². The van der Waals surface area contributed by atoms with Gasteiger partial charge in [-0.25, -0.2) is 0 Å². The van der Waals surface area contributed by atoms with Gasteiger partial charge in [0.2, 0.25) is 0 Å². The van der Waals surface area contributed by atoms with Crippen molar-refractivity contribution in [1.29, 1.82) is 0 Å². The van der Waals surface area contributed by atoms with Gasteiger partial charge in [0.15, 0.2) is 0 Å². The molecule has 0 unspecified atom stereocenters. The van der Waals surface area contributed by atoms with Gasteiger partial charge in [0, 0.05) is 0 Å². The highest BCUT2D eigenvalue weighted by Gasteiger charge is 2.48. The average Bonchev–Trinajstić information content (AvgIpc) is 2.15. The van der Waals surface area contributed by atoms with Gasteiger partial charge < -0.3 is 0 Å². The zero-order valence-electron chi connectivity index (χ0n) is 12.6. The lowest BCUT2D eigenvalue weighted by Crippen LogP contribution is -2.51. The molecule has 0 aliphatic heterocycles. The van der Waals surface area contributed by atoms with Crippen LogP contribution in [0.1, 0.15) is 47.1 Å². The second kappa shape index (κ2) is 4.60. The normalized spacial score (nSPS) is 13.8. The third-order valence-corrected chi connectivity index (χ3v) is 12.4. The minimum atomic E-state index is -1.39. The molecule has 1 aromatic rings. The van der Waals surface area contributed by atoms with Crippen molar-refractivity contribution in [3.05, 3.63) is 35.9 Å². The molecule has 0 atom stereocenters. The first kappa shape index (κ1) is 14.5. The van der Waals surface area contributed by atoms with Crippen LogP contribution in [0.5, 0.6) is 0 Å². The number of hydrogen-bond donors (Lipinski definition) is 0. The standard InChI is InChI=1S/C16H28Si/c1-15(2,3)17(7,16(4,5)6)13-14-11-9-8-10-12-14/h8-12H,13H2,1-7H3. The van der Waals surface area contributed by atoms with E-state index in [2.05, 4.69) is 78.4 Å². The van der Waals surface area contributed by atoms with Crippen LogP contribution in [0.15, 0.2) is 30.3 Å². The quantitative estimate of drug-likeness (QED) is 0.611. The Morgan fingerprint density at radius 3 is 1.59 bits per heavy atom. The van der Waals surface area contributed by atoms with Crippen molar-refractivity contribution in [2.24, 2.45) is 0 Å². The van der Waals surface area contributed by atoms with Crippen molar-refractivity contribution in [1.82, 2.24) is 0 Å². The number of benzene rings is 1. The van der Waals surface area contributed by atoms with Crippen molar-refractivity contribution >= 4 is 8.07 Å². The highest BCUT2D eigenvalue weighted by atomic mass is 28.3. The first-order valence-electron chi connectivity index (χ1n) is 6.62. The molecule has 0 saturated heterocycles. The maximum atomic E-state index is 2.57. The van der Waals surface area contributed by atoms with Crippen LogP contribution in [-0.4, -0.2) is 8.07 Å². The smallest absolute Gasteiger partial charge is 0.0656 e. The van der Waals surface area contributed by atoms with E-state index in [1.165, 1.54) is 11.6 Å². The Balaban J connectivity index is 3.11. The van der Waals surface area contributed by atoms with Crippen molar-refractivity contribution < 1.29 is 0 Å². The summed E-state index contributed by atoms with van der Waals surface area (Å²) in [5.41, 5.74) is 1.51. The summed E-state index contributed by atoms with van der Waals surface area (Å²) in [5, 5.41) is 0.863. The van der Waals surface area contributed by atoms with Crippen molar-refractivity contribution in [2.75, 3.05) is 0 Å². The maximum absolute atomic E-state index is 2.57. The van der Waals surface area contributed by atoms with Gasteiger partial charge in [-0.1, -0.05) is 84.0 Å². The Bertz CT molecular complexity index is 337. The van der Waals surface area contributed by atoms with Gasteiger partial charge in [-0.15, -0.1) is 0 Å². The zero-order valence-corrected chi connectivity index (χ0v) is 13.6. The Morgan fingerprint density at radius 2 is 1.24 bits per heavy atom. The molecule has 1 rings (SSSR count). The Kier molecular flexibility index (Phi) is 3.93. The molecule has 1 heteroatoms. The van der Waals surface area contributed by atoms with Crippen LogP contribution in [0.25, 0.3) is 0 Å². The van der Waals surface area contributed by atoms with E-state index < -0.39 is 8.07 Å². The molecule has 0 heterocycles. The van der Waals surface area contributed by atoms with Crippen molar-refractivity contribution in [3.63, 3.8) is 0 Å². The topological polar surface area (TPSA) is 0 Å². The second-order valence-electron chi connectivity index (χ2n) is 7.49. The summed E-state index contributed by atoms with van der Waals surface area (Å²) >= 11 is 0. The minimum Gasteiger partial charge on any atom is -0.0681 e. The summed E-state index contributed by atoms with van der Waals surface area (Å²) in [6.07, 6.45) is 0. The van der Waals surface area contributed by atoms with Crippen LogP contribution < -0.4 is 0 Å². The van der Waals surface area contributed by atoms with E-state index in [0.717, 1.165) is 0 Å². The molecule has 0 N–H and O–H groups in total. The summed E-state index contributed by atoms with van der Waals surface area (Å²) in [5.74, 6) is 0. The lowest BCUT2D eigenvalue weighted by molar-refractivity contribution is 0.609. The highest BCUT2D eigenvalue weighted by molar-refractivity contribution is 6.83. The van der Waals surface area contributed by atoms with Crippen LogP contribution >= 0.6 is 0 Å². The average molecular weight is 248 g/mol. The van der Waals surface area contributed by atoms with E-state index in [4.69, 9.17) is 0 Å².